The first-order valence-electron chi connectivity index (χ1n) is 9.63. The first kappa shape index (κ1) is 19.5. The van der Waals surface area contributed by atoms with Gasteiger partial charge in [0.15, 0.2) is 0 Å². The van der Waals surface area contributed by atoms with E-state index < -0.39 is 5.63 Å². The van der Waals surface area contributed by atoms with Crippen molar-refractivity contribution >= 4 is 23.2 Å². The Kier molecular flexibility index (Phi) is 5.39. The minimum absolute atomic E-state index is 0.0924. The summed E-state index contributed by atoms with van der Waals surface area (Å²) in [6, 6.07) is 16.6. The molecule has 0 spiro atoms. The number of aryl methyl sites for hydroxylation is 1. The van der Waals surface area contributed by atoms with E-state index in [2.05, 4.69) is 10.3 Å². The van der Waals surface area contributed by atoms with Crippen molar-refractivity contribution in [1.29, 1.82) is 0 Å². The standard InChI is InChI=1S/C24H22N2O4/c1-15-13-21(27)23(24(28)30-15)20-14-17(25-18-8-4-5-9-19(18)26-20)12-11-16-7-3-6-10-22(16)29-2/h3-13,17,25,27H,14H2,1-2H3/b12-11+. The molecule has 0 saturated heterocycles. The minimum atomic E-state index is -0.599. The molecule has 1 atom stereocenters. The van der Waals surface area contributed by atoms with Crippen LogP contribution in [0.1, 0.15) is 23.3 Å². The fourth-order valence-electron chi connectivity index (χ4n) is 3.50. The van der Waals surface area contributed by atoms with E-state index in [0.717, 1.165) is 17.0 Å². The lowest BCUT2D eigenvalue weighted by atomic mass is 10.0. The van der Waals surface area contributed by atoms with Crippen LogP contribution in [0.15, 0.2) is 74.9 Å². The van der Waals surface area contributed by atoms with Crippen molar-refractivity contribution in [2.75, 3.05) is 12.4 Å². The van der Waals surface area contributed by atoms with E-state index in [1.165, 1.54) is 6.07 Å². The van der Waals surface area contributed by atoms with Crippen molar-refractivity contribution in [1.82, 2.24) is 0 Å². The Balaban J connectivity index is 1.76. The molecule has 2 aromatic carbocycles. The predicted molar refractivity (Wildman–Crippen MR) is 118 cm³/mol. The molecular weight excluding hydrogens is 380 g/mol. The third-order valence-electron chi connectivity index (χ3n) is 4.90. The van der Waals surface area contributed by atoms with Crippen molar-refractivity contribution < 1.29 is 14.3 Å². The Hall–Kier alpha value is -3.80. The van der Waals surface area contributed by atoms with Gasteiger partial charge in [-0.3, -0.25) is 4.99 Å². The summed E-state index contributed by atoms with van der Waals surface area (Å²) in [7, 11) is 1.64. The van der Waals surface area contributed by atoms with Gasteiger partial charge < -0.3 is 19.6 Å². The maximum atomic E-state index is 12.5. The molecule has 0 amide bonds. The number of aromatic hydroxyl groups is 1. The van der Waals surface area contributed by atoms with Gasteiger partial charge in [-0.1, -0.05) is 42.5 Å². The van der Waals surface area contributed by atoms with Gasteiger partial charge in [-0.15, -0.1) is 0 Å². The van der Waals surface area contributed by atoms with Gasteiger partial charge in [0, 0.05) is 18.1 Å². The molecule has 1 aliphatic rings. The fourth-order valence-corrected chi connectivity index (χ4v) is 3.50. The molecule has 2 N–H and O–H groups in total. The number of benzene rings is 2. The van der Waals surface area contributed by atoms with Gasteiger partial charge >= 0.3 is 5.63 Å². The van der Waals surface area contributed by atoms with Crippen molar-refractivity contribution in [3.05, 3.63) is 88.0 Å². The normalized spacial score (nSPS) is 15.8. The van der Waals surface area contributed by atoms with E-state index in [9.17, 15) is 9.90 Å². The molecule has 1 aliphatic heterocycles. The van der Waals surface area contributed by atoms with Crippen molar-refractivity contribution in [2.24, 2.45) is 4.99 Å². The molecule has 0 fully saturated rings. The molecule has 0 radical (unpaired) electrons. The van der Waals surface area contributed by atoms with Crippen LogP contribution < -0.4 is 15.7 Å². The summed E-state index contributed by atoms with van der Waals surface area (Å²) in [5.74, 6) is 0.990. The summed E-state index contributed by atoms with van der Waals surface area (Å²) >= 11 is 0. The third-order valence-corrected chi connectivity index (χ3v) is 4.90. The number of rotatable bonds is 4. The summed E-state index contributed by atoms with van der Waals surface area (Å²) in [6.45, 7) is 1.62. The second kappa shape index (κ2) is 8.29. The van der Waals surface area contributed by atoms with Crippen molar-refractivity contribution in [3.63, 3.8) is 0 Å². The molecule has 30 heavy (non-hydrogen) atoms. The van der Waals surface area contributed by atoms with Gasteiger partial charge in [0.25, 0.3) is 0 Å². The summed E-state index contributed by atoms with van der Waals surface area (Å²) < 4.78 is 10.6. The topological polar surface area (TPSA) is 84.1 Å². The van der Waals surface area contributed by atoms with Gasteiger partial charge in [-0.05, 0) is 25.1 Å². The molecule has 6 nitrogen and oxygen atoms in total. The van der Waals surface area contributed by atoms with Crippen LogP contribution in [-0.4, -0.2) is 24.0 Å². The highest BCUT2D eigenvalue weighted by molar-refractivity contribution is 6.05. The predicted octanol–water partition coefficient (Wildman–Crippen LogP) is 4.68. The van der Waals surface area contributed by atoms with Gasteiger partial charge in [-0.2, -0.15) is 0 Å². The first-order chi connectivity index (χ1) is 14.5. The Morgan fingerprint density at radius 3 is 2.77 bits per heavy atom. The summed E-state index contributed by atoms with van der Waals surface area (Å²) in [4.78, 5) is 17.2. The zero-order valence-corrected chi connectivity index (χ0v) is 16.8. The smallest absolute Gasteiger partial charge is 0.348 e. The van der Waals surface area contributed by atoms with E-state index in [1.807, 2.05) is 60.7 Å². The number of nitrogens with one attached hydrogen (secondary N) is 1. The first-order valence-corrected chi connectivity index (χ1v) is 9.63. The van der Waals surface area contributed by atoms with Crippen LogP contribution >= 0.6 is 0 Å². The third kappa shape index (κ3) is 3.98. The average Bonchev–Trinajstić information content (AvgIpc) is 2.90. The number of ether oxygens (including phenoxy) is 1. The number of aliphatic imine (C=N–C) groups is 1. The van der Waals surface area contributed by atoms with Crippen molar-refractivity contribution in [2.45, 2.75) is 19.4 Å². The second-order valence-corrected chi connectivity index (χ2v) is 7.04. The largest absolute Gasteiger partial charge is 0.507 e. The molecule has 6 heteroatoms. The molecule has 0 aliphatic carbocycles. The molecular formula is C24H22N2O4. The highest BCUT2D eigenvalue weighted by Gasteiger charge is 2.23. The number of nitrogens with zero attached hydrogens (tertiary/aromatic N) is 1. The molecule has 0 bridgehead atoms. The van der Waals surface area contributed by atoms with Crippen LogP contribution in [0.5, 0.6) is 11.5 Å². The fraction of sp³-hybridized carbons (Fsp3) is 0.167. The summed E-state index contributed by atoms with van der Waals surface area (Å²) in [5, 5.41) is 13.9. The van der Waals surface area contributed by atoms with E-state index in [4.69, 9.17) is 9.15 Å². The zero-order chi connectivity index (χ0) is 21.1. The number of hydrogen-bond acceptors (Lipinski definition) is 6. The van der Waals surface area contributed by atoms with Gasteiger partial charge in [0.05, 0.1) is 30.2 Å². The molecule has 4 rings (SSSR count). The number of para-hydroxylation sites is 3. The monoisotopic (exact) mass is 402 g/mol. The van der Waals surface area contributed by atoms with Crippen LogP contribution in [0, 0.1) is 6.92 Å². The minimum Gasteiger partial charge on any atom is -0.507 e. The maximum absolute atomic E-state index is 12.5. The Bertz CT molecular complexity index is 1190. The van der Waals surface area contributed by atoms with Gasteiger partial charge in [-0.25, -0.2) is 4.79 Å². The molecule has 0 saturated carbocycles. The van der Waals surface area contributed by atoms with Gasteiger partial charge in [0.2, 0.25) is 0 Å². The van der Waals surface area contributed by atoms with E-state index in [-0.39, 0.29) is 17.4 Å². The number of anilines is 1. The van der Waals surface area contributed by atoms with Crippen molar-refractivity contribution in [3.8, 4) is 11.5 Å². The van der Waals surface area contributed by atoms with Crippen LogP contribution in [0.2, 0.25) is 0 Å². The molecule has 152 valence electrons. The lowest BCUT2D eigenvalue weighted by molar-refractivity contribution is 0.414. The summed E-state index contributed by atoms with van der Waals surface area (Å²) in [5.41, 5.74) is 2.44. The summed E-state index contributed by atoms with van der Waals surface area (Å²) in [6.07, 6.45) is 4.36. The Morgan fingerprint density at radius 2 is 1.97 bits per heavy atom. The molecule has 2 heterocycles. The highest BCUT2D eigenvalue weighted by atomic mass is 16.5. The Labute approximate surface area is 174 Å². The molecule has 3 aromatic rings. The van der Waals surface area contributed by atoms with E-state index in [1.54, 1.807) is 14.0 Å². The zero-order valence-electron chi connectivity index (χ0n) is 16.8. The molecule has 1 unspecified atom stereocenters. The Morgan fingerprint density at radius 1 is 1.20 bits per heavy atom. The van der Waals surface area contributed by atoms with E-state index in [0.29, 0.717) is 23.6 Å². The number of methoxy groups -OCH3 is 1. The maximum Gasteiger partial charge on any atom is 0.348 e. The lowest BCUT2D eigenvalue weighted by Crippen LogP contribution is -2.23. The number of hydrogen-bond donors (Lipinski definition) is 2. The SMILES string of the molecule is COc1ccccc1/C=C/C1CC(c2c(O)cc(C)oc2=O)=Nc2ccccc2N1. The molecule has 1 aromatic heterocycles. The van der Waals surface area contributed by atoms with E-state index >= 15 is 0 Å². The van der Waals surface area contributed by atoms with Crippen LogP contribution in [0.25, 0.3) is 6.08 Å². The van der Waals surface area contributed by atoms with Gasteiger partial charge in [0.1, 0.15) is 22.8 Å². The quantitative estimate of drug-likeness (QED) is 0.662. The van der Waals surface area contributed by atoms with Crippen LogP contribution in [0.3, 0.4) is 0 Å². The average molecular weight is 402 g/mol. The van der Waals surface area contributed by atoms with Crippen LogP contribution in [-0.2, 0) is 0 Å². The lowest BCUT2D eigenvalue weighted by Gasteiger charge is -2.15. The van der Waals surface area contributed by atoms with Crippen LogP contribution in [0.4, 0.5) is 11.4 Å². The highest BCUT2D eigenvalue weighted by Crippen LogP contribution is 2.32. The number of fused-ring (bicyclic) bond motifs is 1. The second-order valence-electron chi connectivity index (χ2n) is 7.04.